The second-order valence-electron chi connectivity index (χ2n) is 37.1. The molecule has 16 nitrogen and oxygen atoms in total. The molecule has 0 radical (unpaired) electrons. The van der Waals surface area contributed by atoms with Crippen LogP contribution < -0.4 is 39.5 Å². The highest BCUT2D eigenvalue weighted by atomic mass is 32.1. The molecule has 0 bridgehead atoms. The molecule has 22 aromatic carbocycles. The molecule has 718 valence electrons. The van der Waals surface area contributed by atoms with Crippen molar-refractivity contribution < 1.29 is 28.4 Å². The zero-order valence-corrected chi connectivity index (χ0v) is 83.9. The second-order valence-corrected chi connectivity index (χ2v) is 39.2. The van der Waals surface area contributed by atoms with Gasteiger partial charge in [0.15, 0.2) is 0 Å². The van der Waals surface area contributed by atoms with Gasteiger partial charge in [-0.05, 0) is 268 Å². The van der Waals surface area contributed by atoms with Crippen LogP contribution in [0.4, 0.5) is 0 Å². The van der Waals surface area contributed by atoms with E-state index in [-0.39, 0.29) is 11.1 Å². The van der Waals surface area contributed by atoms with Gasteiger partial charge in [-0.25, -0.2) is 19.9 Å². The monoisotopic (exact) mass is 1980 g/mol. The molecule has 0 saturated heterocycles. The lowest BCUT2D eigenvalue weighted by Crippen LogP contribution is -2.19. The summed E-state index contributed by atoms with van der Waals surface area (Å²) in [7, 11) is 10.3. The molecule has 0 saturated carbocycles. The fraction of sp³-hybridized carbons (Fsp3) is 0.0455. The molecule has 0 aliphatic heterocycles. The standard InChI is InChI=1S/C48H32N2O4.C48H32N2O2S2.C36H26N4O2/c1-53-43-25-19-29-27-31(49-41-17-9-7-13-37(41)35-11-3-5-15-39(35)47(49)51)21-23-33(29)45(43)46-34-24-22-32(28-30(34)20-26-44(46)54-2)50-42-18-10-8-14-38(42)36-12-4-6-16-40(36)48(50)52;1-51-41-25-21-35-27-33(29-11-15-31(16-12-29)47-49-39-7-3-5-9-43(39)53-47)19-23-37(35)45(41)46-38-24-20-34(28-36(38)22-26-42(46)52-2)30-13-17-32(18-14-30)48-50-40-8-4-6-10-44(40)54-48;1-41-33-17-11-23-19-25(39-21-37-29-7-3-5-9-31(29)39)13-15-27(23)35(33)36-28-16-14-26(20-24(28)12-18-34(36)42-2)40-22-38-30-8-4-6-10-32(30)40/h2*3-28H,1-2H3;3-22H,1-2H3. The Morgan fingerprint density at radius 3 is 0.787 bits per heavy atom. The van der Waals surface area contributed by atoms with E-state index in [0.717, 1.165) is 253 Å². The molecule has 28 rings (SSSR count). The Labute approximate surface area is 868 Å². The van der Waals surface area contributed by atoms with Gasteiger partial charge < -0.3 is 28.4 Å². The summed E-state index contributed by atoms with van der Waals surface area (Å²) >= 11 is 3.45. The molecular weight excluding hydrogens is 1890 g/mol. The van der Waals surface area contributed by atoms with E-state index >= 15 is 0 Å². The Bertz CT molecular complexity index is 9830. The number of nitrogens with zero attached hydrogens (tertiary/aromatic N) is 8. The highest BCUT2D eigenvalue weighted by Gasteiger charge is 2.27. The number of methoxy groups -OCH3 is 6. The summed E-state index contributed by atoms with van der Waals surface area (Å²) in [6, 6.07) is 145. The number of ether oxygens (including phenoxy) is 6. The minimum Gasteiger partial charge on any atom is -0.496 e. The summed E-state index contributed by atoms with van der Waals surface area (Å²) in [5.74, 6) is 4.56. The molecule has 0 aliphatic carbocycles. The largest absolute Gasteiger partial charge is 0.496 e. The van der Waals surface area contributed by atoms with E-state index in [2.05, 4.69) is 262 Å². The second kappa shape index (κ2) is 37.8. The van der Waals surface area contributed by atoms with Crippen LogP contribution in [0.15, 0.2) is 447 Å². The van der Waals surface area contributed by atoms with Crippen molar-refractivity contribution in [1.82, 2.24) is 38.2 Å². The van der Waals surface area contributed by atoms with Gasteiger partial charge in [-0.1, -0.05) is 255 Å². The number of imidazole rings is 2. The lowest BCUT2D eigenvalue weighted by Gasteiger charge is -2.19. The van der Waals surface area contributed by atoms with Gasteiger partial charge in [-0.15, -0.1) is 22.7 Å². The van der Waals surface area contributed by atoms with Crippen LogP contribution in [0.5, 0.6) is 34.5 Å². The summed E-state index contributed by atoms with van der Waals surface area (Å²) in [5.41, 5.74) is 24.0. The van der Waals surface area contributed by atoms with Crippen molar-refractivity contribution in [1.29, 1.82) is 0 Å². The minimum atomic E-state index is -0.0674. The highest BCUT2D eigenvalue weighted by molar-refractivity contribution is 7.22. The summed E-state index contributed by atoms with van der Waals surface area (Å²) in [4.78, 5) is 47.1. The number of para-hydroxylation sites is 8. The summed E-state index contributed by atoms with van der Waals surface area (Å²) < 4.78 is 46.3. The van der Waals surface area contributed by atoms with E-state index in [1.807, 2.05) is 195 Å². The molecule has 150 heavy (non-hydrogen) atoms. The van der Waals surface area contributed by atoms with Gasteiger partial charge in [0, 0.05) is 88.8 Å². The van der Waals surface area contributed by atoms with Gasteiger partial charge in [0.1, 0.15) is 57.2 Å². The summed E-state index contributed by atoms with van der Waals surface area (Å²) in [5, 5.41) is 19.9. The molecule has 0 fully saturated rings. The van der Waals surface area contributed by atoms with Crippen LogP contribution in [0.25, 0.3) is 250 Å². The molecule has 0 amide bonds. The average Bonchev–Trinajstić information content (AvgIpc) is 1.17. The van der Waals surface area contributed by atoms with E-state index in [0.29, 0.717) is 22.3 Å². The summed E-state index contributed by atoms with van der Waals surface area (Å²) in [6.45, 7) is 0. The van der Waals surface area contributed by atoms with Crippen LogP contribution in [0, 0.1) is 0 Å². The Hall–Kier alpha value is -19.1. The third-order valence-corrected chi connectivity index (χ3v) is 31.2. The van der Waals surface area contributed by atoms with Gasteiger partial charge >= 0.3 is 0 Å². The third-order valence-electron chi connectivity index (χ3n) is 29.0. The molecular formula is C132H90N8O8S2. The van der Waals surface area contributed by atoms with Crippen molar-refractivity contribution in [3.05, 3.63) is 458 Å². The third kappa shape index (κ3) is 15.7. The zero-order valence-electron chi connectivity index (χ0n) is 82.2. The molecule has 6 aromatic heterocycles. The first-order chi connectivity index (χ1) is 73.9. The number of benzene rings is 22. The lowest BCUT2D eigenvalue weighted by atomic mass is 9.90. The fourth-order valence-corrected chi connectivity index (χ4v) is 23.8. The maximum atomic E-state index is 14.1. The first kappa shape index (κ1) is 90.8. The van der Waals surface area contributed by atoms with E-state index in [1.165, 1.54) is 9.40 Å². The predicted molar refractivity (Wildman–Crippen MR) is 619 cm³/mol. The fourth-order valence-electron chi connectivity index (χ4n) is 21.8. The minimum absolute atomic E-state index is 0.0674. The van der Waals surface area contributed by atoms with Crippen LogP contribution >= 0.6 is 22.7 Å². The number of rotatable bonds is 17. The molecule has 0 aliphatic rings. The highest BCUT2D eigenvalue weighted by Crippen LogP contribution is 2.52. The van der Waals surface area contributed by atoms with Crippen molar-refractivity contribution in [2.75, 3.05) is 42.7 Å². The van der Waals surface area contributed by atoms with Crippen LogP contribution in [-0.4, -0.2) is 80.9 Å². The predicted octanol–water partition coefficient (Wildman–Crippen LogP) is 32.5. The lowest BCUT2D eigenvalue weighted by molar-refractivity contribution is 0.411. The molecule has 28 aromatic rings. The molecule has 18 heteroatoms. The van der Waals surface area contributed by atoms with Crippen molar-refractivity contribution >= 4 is 173 Å². The van der Waals surface area contributed by atoms with Gasteiger partial charge in [-0.3, -0.25) is 27.9 Å². The average molecular weight is 1980 g/mol. The Morgan fingerprint density at radius 2 is 0.460 bits per heavy atom. The normalized spacial score (nSPS) is 11.6. The first-order valence-corrected chi connectivity index (χ1v) is 51.0. The number of thiazole rings is 2. The molecule has 0 spiro atoms. The van der Waals surface area contributed by atoms with E-state index < -0.39 is 0 Å². The zero-order chi connectivity index (χ0) is 101. The number of hydrogen-bond donors (Lipinski definition) is 0. The number of fused-ring (bicyclic) bond motifs is 16. The van der Waals surface area contributed by atoms with Crippen molar-refractivity contribution in [3.8, 4) is 134 Å². The number of hydrogen-bond acceptors (Lipinski definition) is 14. The van der Waals surface area contributed by atoms with Crippen LogP contribution in [0.3, 0.4) is 0 Å². The maximum Gasteiger partial charge on any atom is 0.263 e. The van der Waals surface area contributed by atoms with E-state index in [1.54, 1.807) is 74.5 Å². The maximum absolute atomic E-state index is 14.1. The first-order valence-electron chi connectivity index (χ1n) is 49.4. The van der Waals surface area contributed by atoms with Gasteiger partial charge in [0.25, 0.3) is 11.1 Å². The Kier molecular flexibility index (Phi) is 22.9. The molecule has 0 unspecified atom stereocenters. The van der Waals surface area contributed by atoms with Crippen LogP contribution in [0.2, 0.25) is 0 Å². The Morgan fingerprint density at radius 1 is 0.207 bits per heavy atom. The van der Waals surface area contributed by atoms with Crippen LogP contribution in [-0.2, 0) is 0 Å². The topological polar surface area (TPSA) is 161 Å². The smallest absolute Gasteiger partial charge is 0.263 e. The number of pyridine rings is 2. The molecule has 6 heterocycles. The van der Waals surface area contributed by atoms with E-state index in [9.17, 15) is 9.59 Å². The SMILES string of the molecule is COc1ccc2cc(-c3ccc(-c4nc5ccccc5s4)cc3)ccc2c1-c1c(OC)ccc2cc(-c3ccc(-c4nc5ccccc5s4)cc3)ccc12.COc1ccc2cc(-n3c(=O)c4ccccc4c4ccccc43)ccc2c1-c1c(OC)ccc2cc(-n3c(=O)c4ccccc4c4ccccc43)ccc12.COc1ccc2cc(-n3cnc4ccccc43)ccc2c1-c1c(OC)ccc2cc(-n3cnc4ccccc43)ccc12. The molecule has 0 atom stereocenters. The Balaban J connectivity index is 0.000000114. The van der Waals surface area contributed by atoms with Gasteiger partial charge in [0.2, 0.25) is 0 Å². The molecule has 0 N–H and O–H groups in total. The van der Waals surface area contributed by atoms with Crippen molar-refractivity contribution in [3.63, 3.8) is 0 Å². The van der Waals surface area contributed by atoms with Gasteiger partial charge in [0.05, 0.1) is 96.2 Å². The number of aromatic nitrogens is 8. The van der Waals surface area contributed by atoms with E-state index in [4.69, 9.17) is 38.4 Å². The van der Waals surface area contributed by atoms with Crippen molar-refractivity contribution in [2.45, 2.75) is 0 Å². The van der Waals surface area contributed by atoms with Gasteiger partial charge in [-0.2, -0.15) is 0 Å². The summed E-state index contributed by atoms with van der Waals surface area (Å²) in [6.07, 6.45) is 3.76. The quantitative estimate of drug-likeness (QED) is 0.0795. The van der Waals surface area contributed by atoms with Crippen molar-refractivity contribution in [2.24, 2.45) is 0 Å². The van der Waals surface area contributed by atoms with Crippen LogP contribution in [0.1, 0.15) is 0 Å².